The lowest BCUT2D eigenvalue weighted by atomic mass is 10.0. The third-order valence-corrected chi connectivity index (χ3v) is 12.5. The molecule has 0 bridgehead atoms. The lowest BCUT2D eigenvalue weighted by Crippen LogP contribution is -2.45. The van der Waals surface area contributed by atoms with Crippen LogP contribution in [-0.2, 0) is 18.4 Å². The zero-order chi connectivity index (χ0) is 45.7. The summed E-state index contributed by atoms with van der Waals surface area (Å²) >= 11 is 0. The van der Waals surface area contributed by atoms with E-state index in [4.69, 9.17) is 9.05 Å². The van der Waals surface area contributed by atoms with Crippen molar-refractivity contribution in [3.63, 3.8) is 0 Å². The number of aliphatic hydroxyl groups is 1. The molecule has 9 heteroatoms. The zero-order valence-corrected chi connectivity index (χ0v) is 42.2. The van der Waals surface area contributed by atoms with Crippen LogP contribution in [0.1, 0.15) is 232 Å². The van der Waals surface area contributed by atoms with Crippen molar-refractivity contribution < 1.29 is 32.9 Å². The number of quaternary nitrogens is 1. The molecule has 0 aliphatic carbocycles. The molecule has 0 aliphatic rings. The topological polar surface area (TPSA) is 108 Å². The number of unbranched alkanes of at least 4 members (excludes halogenated alkanes) is 28. The van der Waals surface area contributed by atoms with Gasteiger partial charge in [0.15, 0.2) is 0 Å². The van der Waals surface area contributed by atoms with Crippen LogP contribution in [0.4, 0.5) is 0 Å². The van der Waals surface area contributed by atoms with E-state index >= 15 is 0 Å². The predicted octanol–water partition coefficient (Wildman–Crippen LogP) is 14.6. The molecule has 0 aromatic rings. The van der Waals surface area contributed by atoms with Crippen molar-refractivity contribution in [2.24, 2.45) is 0 Å². The standard InChI is InChI=1S/C53H101N2O6P/c1-6-8-10-11-12-13-14-15-16-17-18-19-20-21-22-23-24-25-26-27-28-29-30-31-32-33-34-35-36-37-38-39-40-41-42-43-45-47-53(57)54-51(52(56)46-44-9-7-2)50-61-62(58,59)60-49-48-55(3,4)5/h14-15,17-18,20-21,44,46,51-52,56H,6-13,16,19,22-43,45,47-50H2,1-5H3,(H-,54,57,58,59)/b15-14-,18-17-,21-20-,46-44+. The Balaban J connectivity index is 3.65. The Kier molecular flexibility index (Phi) is 43.5. The summed E-state index contributed by atoms with van der Waals surface area (Å²) in [5.41, 5.74) is 0. The molecule has 0 spiro atoms. The van der Waals surface area contributed by atoms with E-state index in [2.05, 4.69) is 48.7 Å². The van der Waals surface area contributed by atoms with Crippen LogP contribution in [0.25, 0.3) is 0 Å². The molecule has 8 nitrogen and oxygen atoms in total. The van der Waals surface area contributed by atoms with Crippen molar-refractivity contribution in [2.75, 3.05) is 40.9 Å². The molecule has 0 heterocycles. The van der Waals surface area contributed by atoms with Crippen molar-refractivity contribution in [1.82, 2.24) is 5.32 Å². The van der Waals surface area contributed by atoms with Crippen molar-refractivity contribution in [3.05, 3.63) is 48.6 Å². The van der Waals surface area contributed by atoms with E-state index in [9.17, 15) is 19.4 Å². The van der Waals surface area contributed by atoms with Crippen LogP contribution in [0.15, 0.2) is 48.6 Å². The first kappa shape index (κ1) is 60.5. The van der Waals surface area contributed by atoms with Gasteiger partial charge >= 0.3 is 0 Å². The number of hydrogen-bond donors (Lipinski definition) is 2. The van der Waals surface area contributed by atoms with Crippen LogP contribution in [0.5, 0.6) is 0 Å². The number of likely N-dealkylation sites (N-methyl/N-ethyl adjacent to an activating group) is 1. The number of nitrogens with one attached hydrogen (secondary N) is 1. The summed E-state index contributed by atoms with van der Waals surface area (Å²) in [4.78, 5) is 25.0. The van der Waals surface area contributed by atoms with Gasteiger partial charge in [0, 0.05) is 6.42 Å². The molecular formula is C53H101N2O6P. The molecule has 3 unspecified atom stereocenters. The number of rotatable bonds is 47. The summed E-state index contributed by atoms with van der Waals surface area (Å²) in [7, 11) is 1.26. The molecule has 3 atom stereocenters. The van der Waals surface area contributed by atoms with Crippen LogP contribution >= 0.6 is 7.82 Å². The molecule has 0 aliphatic heterocycles. The minimum Gasteiger partial charge on any atom is -0.756 e. The third kappa shape index (κ3) is 46.5. The smallest absolute Gasteiger partial charge is 0.268 e. The van der Waals surface area contributed by atoms with Crippen molar-refractivity contribution >= 4 is 13.7 Å². The lowest BCUT2D eigenvalue weighted by molar-refractivity contribution is -0.870. The van der Waals surface area contributed by atoms with Crippen LogP contribution in [0, 0.1) is 0 Å². The van der Waals surface area contributed by atoms with Gasteiger partial charge < -0.3 is 28.8 Å². The number of hydrogen-bond acceptors (Lipinski definition) is 6. The quantitative estimate of drug-likeness (QED) is 0.0273. The van der Waals surface area contributed by atoms with Gasteiger partial charge in [-0.3, -0.25) is 9.36 Å². The van der Waals surface area contributed by atoms with Crippen LogP contribution in [-0.4, -0.2) is 68.5 Å². The Hall–Kier alpha value is -1.54. The van der Waals surface area contributed by atoms with Gasteiger partial charge in [0.05, 0.1) is 39.9 Å². The van der Waals surface area contributed by atoms with Crippen molar-refractivity contribution in [2.45, 2.75) is 244 Å². The van der Waals surface area contributed by atoms with E-state index in [1.54, 1.807) is 6.08 Å². The highest BCUT2D eigenvalue weighted by atomic mass is 31.2. The van der Waals surface area contributed by atoms with E-state index in [-0.39, 0.29) is 19.1 Å². The van der Waals surface area contributed by atoms with Gasteiger partial charge in [0.25, 0.3) is 7.82 Å². The Morgan fingerprint density at radius 3 is 1.39 bits per heavy atom. The monoisotopic (exact) mass is 893 g/mol. The fourth-order valence-electron chi connectivity index (χ4n) is 7.40. The van der Waals surface area contributed by atoms with E-state index in [1.807, 2.05) is 34.1 Å². The first-order valence-electron chi connectivity index (χ1n) is 26.0. The second-order valence-electron chi connectivity index (χ2n) is 18.9. The van der Waals surface area contributed by atoms with Gasteiger partial charge in [-0.25, -0.2) is 0 Å². The first-order chi connectivity index (χ1) is 30.0. The molecule has 364 valence electrons. The SMILES string of the molecule is CCC/C=C/C(O)C(COP(=O)([O-])OCC[N+](C)(C)C)NC(=O)CCCCCCCCCCCCCCCCCCCCCCCC/C=C\C/C=C\C/C=C\CCCCCCC. The number of phosphoric acid groups is 1. The number of carbonyl (C=O) groups excluding carboxylic acids is 1. The average Bonchev–Trinajstić information content (AvgIpc) is 3.23. The minimum atomic E-state index is -4.56. The molecule has 0 saturated heterocycles. The molecule has 2 N–H and O–H groups in total. The van der Waals surface area contributed by atoms with Crippen LogP contribution < -0.4 is 10.2 Å². The summed E-state index contributed by atoms with van der Waals surface area (Å²) in [6, 6.07) is -0.880. The minimum absolute atomic E-state index is 0.00225. The molecule has 0 radical (unpaired) electrons. The van der Waals surface area contributed by atoms with Gasteiger partial charge in [0.2, 0.25) is 5.91 Å². The second-order valence-corrected chi connectivity index (χ2v) is 20.3. The van der Waals surface area contributed by atoms with E-state index in [1.165, 1.54) is 167 Å². The molecule has 0 aromatic heterocycles. The Morgan fingerprint density at radius 1 is 0.565 bits per heavy atom. The highest BCUT2D eigenvalue weighted by Gasteiger charge is 2.23. The fourth-order valence-corrected chi connectivity index (χ4v) is 8.13. The summed E-state index contributed by atoms with van der Waals surface area (Å²) in [5, 5.41) is 13.4. The maximum Gasteiger partial charge on any atom is 0.268 e. The molecule has 0 aromatic carbocycles. The third-order valence-electron chi connectivity index (χ3n) is 11.5. The highest BCUT2D eigenvalue weighted by molar-refractivity contribution is 7.45. The second kappa shape index (κ2) is 44.7. The predicted molar refractivity (Wildman–Crippen MR) is 265 cm³/mol. The molecule has 1 amide bonds. The van der Waals surface area contributed by atoms with E-state index in [0.29, 0.717) is 17.4 Å². The number of amides is 1. The summed E-state index contributed by atoms with van der Waals surface area (Å²) in [6.07, 6.45) is 58.7. The number of aliphatic hydroxyl groups excluding tert-OH is 1. The Labute approximate surface area is 384 Å². The Bertz CT molecular complexity index is 1150. The van der Waals surface area contributed by atoms with E-state index in [0.717, 1.165) is 44.9 Å². The average molecular weight is 893 g/mol. The summed E-state index contributed by atoms with van der Waals surface area (Å²) in [5.74, 6) is -0.208. The molecular weight excluding hydrogens is 792 g/mol. The van der Waals surface area contributed by atoms with Gasteiger partial charge in [-0.2, -0.15) is 0 Å². The number of phosphoric ester groups is 1. The molecule has 0 fully saturated rings. The van der Waals surface area contributed by atoms with Crippen molar-refractivity contribution in [3.8, 4) is 0 Å². The van der Waals surface area contributed by atoms with Crippen molar-refractivity contribution in [1.29, 1.82) is 0 Å². The highest BCUT2D eigenvalue weighted by Crippen LogP contribution is 2.38. The molecule has 0 saturated carbocycles. The largest absolute Gasteiger partial charge is 0.756 e. The maximum atomic E-state index is 12.7. The molecule has 62 heavy (non-hydrogen) atoms. The van der Waals surface area contributed by atoms with Crippen LogP contribution in [0.3, 0.4) is 0 Å². The Morgan fingerprint density at radius 2 is 0.968 bits per heavy atom. The van der Waals surface area contributed by atoms with Gasteiger partial charge in [-0.1, -0.05) is 223 Å². The summed E-state index contributed by atoms with van der Waals surface area (Å²) in [6.45, 7) is 4.42. The van der Waals surface area contributed by atoms with Gasteiger partial charge in [0.1, 0.15) is 13.2 Å². The fraction of sp³-hybridized carbons (Fsp3) is 0.830. The number of carbonyl (C=O) groups is 1. The lowest BCUT2D eigenvalue weighted by Gasteiger charge is -2.29. The zero-order valence-electron chi connectivity index (χ0n) is 41.3. The maximum absolute atomic E-state index is 12.7. The first-order valence-corrected chi connectivity index (χ1v) is 27.5. The number of nitrogens with zero attached hydrogens (tertiary/aromatic N) is 1. The summed E-state index contributed by atoms with van der Waals surface area (Å²) < 4.78 is 22.9. The number of allylic oxidation sites excluding steroid dienone is 7. The van der Waals surface area contributed by atoms with E-state index < -0.39 is 20.0 Å². The normalized spacial score (nSPS) is 14.5. The van der Waals surface area contributed by atoms with Crippen LogP contribution in [0.2, 0.25) is 0 Å². The van der Waals surface area contributed by atoms with Gasteiger partial charge in [-0.05, 0) is 51.4 Å². The molecule has 0 rings (SSSR count). The van der Waals surface area contributed by atoms with Gasteiger partial charge in [-0.15, -0.1) is 0 Å².